The Labute approximate surface area is 359 Å². The van der Waals surface area contributed by atoms with Crippen molar-refractivity contribution in [2.24, 2.45) is 17.8 Å². The van der Waals surface area contributed by atoms with E-state index in [9.17, 15) is 4.39 Å². The monoisotopic (exact) mass is 791 g/mol. The van der Waals surface area contributed by atoms with Gasteiger partial charge >= 0.3 is 0 Å². The average Bonchev–Trinajstić information content (AvgIpc) is 3.48. The maximum atomic E-state index is 13.9. The first-order chi connectivity index (χ1) is 29.8. The highest BCUT2D eigenvalue weighted by molar-refractivity contribution is 6.07. The number of hydrogen-bond acceptors (Lipinski definition) is 1. The zero-order chi connectivity index (χ0) is 41.0. The molecule has 0 heterocycles. The Kier molecular flexibility index (Phi) is 8.18. The molecule has 298 valence electrons. The SMILES string of the molecule is C[C@H]1C2CCCC(CC2)[C@@]12c1ccccc1-c1cc(-c3cccc4c(N(c5ccc(-c6ccc(F)cc6)cc5)c5cccc6c5C(C)(C)c5ccccc5-6)cccc34)ccc12. The standard InChI is InChI=1S/C59H50FN/c1-37-38-12-8-13-42(30-24-38)59(37)53-21-7-5-15-48(53)51-36-41(29-35-54(51)59)45-16-9-18-49-46(45)17-10-22-55(49)61(44-33-27-40(28-34-44)39-25-31-43(60)32-26-39)56-23-11-19-50-47-14-4-6-20-52(47)58(2,3)57(50)56/h4-7,9-11,14-23,25-29,31-38,42H,8,12-13,24,30H2,1-3H3/t37-,38?,42?,59+/m0/s1. The van der Waals surface area contributed by atoms with Crippen LogP contribution >= 0.6 is 0 Å². The lowest BCUT2D eigenvalue weighted by atomic mass is 9.54. The number of fused-ring (bicyclic) bond motifs is 10. The maximum absolute atomic E-state index is 13.9. The fraction of sp³-hybridized carbons (Fsp3) is 0.220. The lowest BCUT2D eigenvalue weighted by Gasteiger charge is -2.49. The first-order valence-corrected chi connectivity index (χ1v) is 22.5. The van der Waals surface area contributed by atoms with E-state index in [0.717, 1.165) is 28.4 Å². The van der Waals surface area contributed by atoms with Gasteiger partial charge in [-0.1, -0.05) is 161 Å². The molecule has 2 unspecified atom stereocenters. The Morgan fingerprint density at radius 2 is 1.10 bits per heavy atom. The van der Waals surface area contributed by atoms with Crippen LogP contribution in [0, 0.1) is 23.6 Å². The molecule has 5 aliphatic rings. The summed E-state index contributed by atoms with van der Waals surface area (Å²) in [4.78, 5) is 2.48. The van der Waals surface area contributed by atoms with Crippen LogP contribution in [0.15, 0.2) is 170 Å². The molecule has 0 aromatic heterocycles. The van der Waals surface area contributed by atoms with Crippen LogP contribution in [0.2, 0.25) is 0 Å². The third-order valence-corrected chi connectivity index (χ3v) is 15.8. The van der Waals surface area contributed by atoms with Gasteiger partial charge in [0.25, 0.3) is 0 Å². The molecule has 0 radical (unpaired) electrons. The number of nitrogens with zero attached hydrogens (tertiary/aromatic N) is 1. The first kappa shape index (κ1) is 36.6. The van der Waals surface area contributed by atoms with E-state index in [2.05, 4.69) is 171 Å². The Balaban J connectivity index is 1.04. The summed E-state index contributed by atoms with van der Waals surface area (Å²) < 4.78 is 13.9. The molecule has 61 heavy (non-hydrogen) atoms. The van der Waals surface area contributed by atoms with Gasteiger partial charge in [-0.3, -0.25) is 0 Å². The Morgan fingerprint density at radius 1 is 0.492 bits per heavy atom. The van der Waals surface area contributed by atoms with Crippen LogP contribution in [0.25, 0.3) is 55.3 Å². The lowest BCUT2D eigenvalue weighted by molar-refractivity contribution is 0.116. The van der Waals surface area contributed by atoms with Crippen molar-refractivity contribution in [3.05, 3.63) is 198 Å². The van der Waals surface area contributed by atoms with Crippen LogP contribution in [0.4, 0.5) is 21.5 Å². The summed E-state index contributed by atoms with van der Waals surface area (Å²) in [6, 6.07) is 61.9. The molecule has 0 amide bonds. The Morgan fingerprint density at radius 3 is 1.90 bits per heavy atom. The average molecular weight is 792 g/mol. The molecular formula is C59H50FN. The van der Waals surface area contributed by atoms with Gasteiger partial charge in [0.05, 0.1) is 11.4 Å². The molecule has 3 saturated carbocycles. The van der Waals surface area contributed by atoms with Crippen molar-refractivity contribution in [3.8, 4) is 44.5 Å². The fourth-order valence-corrected chi connectivity index (χ4v) is 13.1. The minimum Gasteiger partial charge on any atom is -0.310 e. The minimum atomic E-state index is -0.224. The van der Waals surface area contributed by atoms with Crippen molar-refractivity contribution >= 4 is 27.8 Å². The molecule has 0 N–H and O–H groups in total. The van der Waals surface area contributed by atoms with E-state index in [4.69, 9.17) is 0 Å². The number of rotatable bonds is 5. The van der Waals surface area contributed by atoms with Gasteiger partial charge in [-0.2, -0.15) is 0 Å². The Hall–Kier alpha value is -6.25. The van der Waals surface area contributed by atoms with Crippen LogP contribution in [-0.2, 0) is 10.8 Å². The second-order valence-corrected chi connectivity index (χ2v) is 18.9. The van der Waals surface area contributed by atoms with Gasteiger partial charge in [-0.05, 0) is 152 Å². The van der Waals surface area contributed by atoms with E-state index in [1.54, 1.807) is 11.1 Å². The van der Waals surface area contributed by atoms with Gasteiger partial charge in [-0.25, -0.2) is 4.39 Å². The molecule has 8 aromatic rings. The van der Waals surface area contributed by atoms with Gasteiger partial charge in [0, 0.05) is 21.9 Å². The minimum absolute atomic E-state index is 0.103. The molecule has 5 aliphatic carbocycles. The predicted molar refractivity (Wildman–Crippen MR) is 252 cm³/mol. The van der Waals surface area contributed by atoms with Crippen LogP contribution in [0.1, 0.15) is 75.1 Å². The zero-order valence-electron chi connectivity index (χ0n) is 35.3. The van der Waals surface area contributed by atoms with Crippen molar-refractivity contribution < 1.29 is 4.39 Å². The van der Waals surface area contributed by atoms with E-state index in [1.165, 1.54) is 105 Å². The maximum Gasteiger partial charge on any atom is 0.123 e. The van der Waals surface area contributed by atoms with E-state index in [1.807, 2.05) is 12.1 Å². The highest BCUT2D eigenvalue weighted by Crippen LogP contribution is 2.65. The number of anilines is 3. The molecule has 1 nitrogen and oxygen atoms in total. The highest BCUT2D eigenvalue weighted by atomic mass is 19.1. The van der Waals surface area contributed by atoms with Gasteiger partial charge in [0.2, 0.25) is 0 Å². The number of halogens is 1. The Bertz CT molecular complexity index is 3020. The summed E-state index contributed by atoms with van der Waals surface area (Å²) in [6.45, 7) is 7.32. The smallest absolute Gasteiger partial charge is 0.123 e. The lowest BCUT2D eigenvalue weighted by Crippen LogP contribution is -2.46. The summed E-state index contributed by atoms with van der Waals surface area (Å²) in [5, 5.41) is 2.45. The van der Waals surface area contributed by atoms with Gasteiger partial charge < -0.3 is 4.90 Å². The van der Waals surface area contributed by atoms with Crippen molar-refractivity contribution in [2.45, 2.75) is 63.7 Å². The predicted octanol–water partition coefficient (Wildman–Crippen LogP) is 16.2. The molecule has 2 bridgehead atoms. The summed E-state index contributed by atoms with van der Waals surface area (Å²) in [6.07, 6.45) is 6.80. The van der Waals surface area contributed by atoms with E-state index >= 15 is 0 Å². The topological polar surface area (TPSA) is 3.24 Å². The van der Waals surface area contributed by atoms with Gasteiger partial charge in [0.1, 0.15) is 5.82 Å². The van der Waals surface area contributed by atoms with Crippen LogP contribution < -0.4 is 4.90 Å². The highest BCUT2D eigenvalue weighted by Gasteiger charge is 2.56. The van der Waals surface area contributed by atoms with Crippen LogP contribution in [0.3, 0.4) is 0 Å². The molecule has 0 saturated heterocycles. The van der Waals surface area contributed by atoms with E-state index < -0.39 is 0 Å². The van der Waals surface area contributed by atoms with Gasteiger partial charge in [0.15, 0.2) is 0 Å². The summed E-state index contributed by atoms with van der Waals surface area (Å²) in [7, 11) is 0. The van der Waals surface area contributed by atoms with Crippen LogP contribution in [-0.4, -0.2) is 0 Å². The fourth-order valence-electron chi connectivity index (χ4n) is 13.1. The number of hydrogen-bond donors (Lipinski definition) is 0. The van der Waals surface area contributed by atoms with Crippen molar-refractivity contribution in [2.75, 3.05) is 4.90 Å². The summed E-state index contributed by atoms with van der Waals surface area (Å²) in [5.41, 5.74) is 19.2. The summed E-state index contributed by atoms with van der Waals surface area (Å²) >= 11 is 0. The van der Waals surface area contributed by atoms with Crippen molar-refractivity contribution in [1.29, 1.82) is 0 Å². The third kappa shape index (κ3) is 5.24. The molecule has 2 heteroatoms. The second kappa shape index (κ2) is 13.6. The van der Waals surface area contributed by atoms with Gasteiger partial charge in [-0.15, -0.1) is 0 Å². The quantitative estimate of drug-likeness (QED) is 0.168. The second-order valence-electron chi connectivity index (χ2n) is 18.9. The van der Waals surface area contributed by atoms with Crippen LogP contribution in [0.5, 0.6) is 0 Å². The molecule has 3 fully saturated rings. The molecule has 4 atom stereocenters. The summed E-state index contributed by atoms with van der Waals surface area (Å²) in [5.74, 6) is 1.90. The number of benzene rings is 8. The molecule has 8 aromatic carbocycles. The van der Waals surface area contributed by atoms with E-state index in [0.29, 0.717) is 11.8 Å². The molecule has 13 rings (SSSR count). The van der Waals surface area contributed by atoms with Crippen molar-refractivity contribution in [3.63, 3.8) is 0 Å². The molecule has 0 aliphatic heterocycles. The van der Waals surface area contributed by atoms with Crippen molar-refractivity contribution in [1.82, 2.24) is 0 Å². The molecular weight excluding hydrogens is 742 g/mol. The third-order valence-electron chi connectivity index (χ3n) is 15.8. The normalized spacial score (nSPS) is 21.5. The first-order valence-electron chi connectivity index (χ1n) is 22.5. The largest absolute Gasteiger partial charge is 0.310 e. The zero-order valence-corrected chi connectivity index (χ0v) is 35.3. The van der Waals surface area contributed by atoms with E-state index in [-0.39, 0.29) is 16.6 Å². The molecule has 1 spiro atoms.